The Labute approximate surface area is 118 Å². The van der Waals surface area contributed by atoms with Crippen molar-refractivity contribution in [1.29, 1.82) is 0 Å². The summed E-state index contributed by atoms with van der Waals surface area (Å²) in [7, 11) is 0. The number of likely N-dealkylation sites (tertiary alicyclic amines) is 1. The summed E-state index contributed by atoms with van der Waals surface area (Å²) in [6, 6.07) is 1.60. The van der Waals surface area contributed by atoms with Crippen LogP contribution in [0, 0.1) is 6.92 Å². The summed E-state index contributed by atoms with van der Waals surface area (Å²) in [4.78, 5) is 25.4. The van der Waals surface area contributed by atoms with Gasteiger partial charge in [-0.15, -0.1) is 0 Å². The van der Waals surface area contributed by atoms with Gasteiger partial charge in [0.1, 0.15) is 5.76 Å². The van der Waals surface area contributed by atoms with Crippen molar-refractivity contribution in [2.24, 2.45) is 0 Å². The maximum absolute atomic E-state index is 11.8. The van der Waals surface area contributed by atoms with Gasteiger partial charge in [0.05, 0.1) is 0 Å². The molecular formula is C14H21N3O3. The van der Waals surface area contributed by atoms with Gasteiger partial charge in [-0.25, -0.2) is 0 Å². The molecular weight excluding hydrogens is 258 g/mol. The number of aryl methyl sites for hydroxylation is 1. The van der Waals surface area contributed by atoms with Crippen LogP contribution in [0.15, 0.2) is 10.6 Å². The van der Waals surface area contributed by atoms with Crippen molar-refractivity contribution in [3.63, 3.8) is 0 Å². The molecule has 0 aromatic carbocycles. The van der Waals surface area contributed by atoms with Crippen LogP contribution in [-0.4, -0.2) is 41.5 Å². The molecule has 1 saturated heterocycles. The predicted octanol–water partition coefficient (Wildman–Crippen LogP) is 1.51. The van der Waals surface area contributed by atoms with Crippen molar-refractivity contribution in [2.45, 2.75) is 39.0 Å². The van der Waals surface area contributed by atoms with E-state index in [1.165, 1.54) is 0 Å². The SMILES string of the molecule is Cc1cc(C(=O)NCCCN2CCCCCC2=O)no1. The molecule has 0 bridgehead atoms. The molecule has 2 amide bonds. The number of carbonyl (C=O) groups is 2. The van der Waals surface area contributed by atoms with E-state index in [9.17, 15) is 9.59 Å². The first-order valence-electron chi connectivity index (χ1n) is 7.16. The van der Waals surface area contributed by atoms with E-state index in [4.69, 9.17) is 4.52 Å². The summed E-state index contributed by atoms with van der Waals surface area (Å²) >= 11 is 0. The van der Waals surface area contributed by atoms with Crippen molar-refractivity contribution in [2.75, 3.05) is 19.6 Å². The Morgan fingerprint density at radius 1 is 1.45 bits per heavy atom. The van der Waals surface area contributed by atoms with E-state index >= 15 is 0 Å². The fraction of sp³-hybridized carbons (Fsp3) is 0.643. The van der Waals surface area contributed by atoms with Crippen LogP contribution in [0.1, 0.15) is 48.4 Å². The number of aromatic nitrogens is 1. The number of nitrogens with zero attached hydrogens (tertiary/aromatic N) is 2. The van der Waals surface area contributed by atoms with E-state index < -0.39 is 0 Å². The predicted molar refractivity (Wildman–Crippen MR) is 73.2 cm³/mol. The largest absolute Gasteiger partial charge is 0.361 e. The first-order chi connectivity index (χ1) is 9.66. The lowest BCUT2D eigenvalue weighted by Crippen LogP contribution is -2.34. The number of amides is 2. The van der Waals surface area contributed by atoms with E-state index in [0.717, 1.165) is 32.2 Å². The van der Waals surface area contributed by atoms with Gasteiger partial charge in [-0.05, 0) is 26.2 Å². The fourth-order valence-corrected chi connectivity index (χ4v) is 2.31. The van der Waals surface area contributed by atoms with E-state index in [2.05, 4.69) is 10.5 Å². The topological polar surface area (TPSA) is 75.4 Å². The van der Waals surface area contributed by atoms with Crippen LogP contribution in [0.2, 0.25) is 0 Å². The highest BCUT2D eigenvalue weighted by molar-refractivity contribution is 5.92. The van der Waals surface area contributed by atoms with Crippen LogP contribution in [0.25, 0.3) is 0 Å². The van der Waals surface area contributed by atoms with E-state index in [1.807, 2.05) is 4.90 Å². The summed E-state index contributed by atoms with van der Waals surface area (Å²) in [6.07, 6.45) is 4.62. The molecule has 1 aromatic heterocycles. The van der Waals surface area contributed by atoms with Crippen LogP contribution in [-0.2, 0) is 4.79 Å². The molecule has 6 heteroatoms. The lowest BCUT2D eigenvalue weighted by atomic mass is 10.2. The third-order valence-corrected chi connectivity index (χ3v) is 3.42. The molecule has 2 rings (SSSR count). The van der Waals surface area contributed by atoms with Gasteiger partial charge in [0, 0.05) is 32.1 Å². The molecule has 1 aromatic rings. The van der Waals surface area contributed by atoms with E-state index in [-0.39, 0.29) is 11.8 Å². The van der Waals surface area contributed by atoms with Gasteiger partial charge in [-0.1, -0.05) is 11.6 Å². The Bertz CT molecular complexity index is 470. The molecule has 1 aliphatic heterocycles. The lowest BCUT2D eigenvalue weighted by molar-refractivity contribution is -0.130. The van der Waals surface area contributed by atoms with Gasteiger partial charge in [0.15, 0.2) is 5.69 Å². The molecule has 6 nitrogen and oxygen atoms in total. The Balaban J connectivity index is 1.68. The molecule has 0 spiro atoms. The van der Waals surface area contributed by atoms with E-state index in [0.29, 0.717) is 31.0 Å². The Hall–Kier alpha value is -1.85. The number of hydrogen-bond acceptors (Lipinski definition) is 4. The lowest BCUT2D eigenvalue weighted by Gasteiger charge is -2.20. The minimum absolute atomic E-state index is 0.232. The van der Waals surface area contributed by atoms with Crippen molar-refractivity contribution in [1.82, 2.24) is 15.4 Å². The second-order valence-electron chi connectivity index (χ2n) is 5.12. The van der Waals surface area contributed by atoms with Crippen LogP contribution in [0.5, 0.6) is 0 Å². The van der Waals surface area contributed by atoms with Crippen molar-refractivity contribution >= 4 is 11.8 Å². The monoisotopic (exact) mass is 279 g/mol. The third kappa shape index (κ3) is 4.08. The van der Waals surface area contributed by atoms with E-state index in [1.54, 1.807) is 13.0 Å². The summed E-state index contributed by atoms with van der Waals surface area (Å²) in [5, 5.41) is 6.44. The minimum Gasteiger partial charge on any atom is -0.361 e. The standard InChI is InChI=1S/C14H21N3O3/c1-11-10-12(16-20-11)14(19)15-7-5-9-17-8-4-2-3-6-13(17)18/h10H,2-9H2,1H3,(H,15,19). The van der Waals surface area contributed by atoms with Crippen molar-refractivity contribution in [3.8, 4) is 0 Å². The quantitative estimate of drug-likeness (QED) is 0.829. The second kappa shape index (κ2) is 7.07. The summed E-state index contributed by atoms with van der Waals surface area (Å²) < 4.78 is 4.85. The molecule has 110 valence electrons. The first kappa shape index (κ1) is 14.6. The molecule has 0 radical (unpaired) electrons. The maximum atomic E-state index is 11.8. The van der Waals surface area contributed by atoms with Crippen molar-refractivity contribution < 1.29 is 14.1 Å². The number of nitrogens with one attached hydrogen (secondary N) is 1. The molecule has 0 atom stereocenters. The molecule has 2 heterocycles. The fourth-order valence-electron chi connectivity index (χ4n) is 2.31. The van der Waals surface area contributed by atoms with Crippen LogP contribution in [0.4, 0.5) is 0 Å². The number of hydrogen-bond donors (Lipinski definition) is 1. The number of rotatable bonds is 5. The van der Waals surface area contributed by atoms with Gasteiger partial charge >= 0.3 is 0 Å². The molecule has 0 saturated carbocycles. The Morgan fingerprint density at radius 3 is 3.05 bits per heavy atom. The molecule has 1 aliphatic rings. The first-order valence-corrected chi connectivity index (χ1v) is 7.16. The van der Waals surface area contributed by atoms with Gasteiger partial charge in [-0.2, -0.15) is 0 Å². The highest BCUT2D eigenvalue weighted by atomic mass is 16.5. The Kier molecular flexibility index (Phi) is 5.15. The van der Waals surface area contributed by atoms with Gasteiger partial charge in [0.2, 0.25) is 5.91 Å². The van der Waals surface area contributed by atoms with Crippen molar-refractivity contribution in [3.05, 3.63) is 17.5 Å². The van der Waals surface area contributed by atoms with Crippen LogP contribution in [0.3, 0.4) is 0 Å². The van der Waals surface area contributed by atoms with Crippen LogP contribution < -0.4 is 5.32 Å². The highest BCUT2D eigenvalue weighted by Crippen LogP contribution is 2.11. The third-order valence-electron chi connectivity index (χ3n) is 3.42. The average Bonchev–Trinajstić information content (AvgIpc) is 2.76. The minimum atomic E-state index is -0.232. The van der Waals surface area contributed by atoms with Gasteiger partial charge < -0.3 is 14.7 Å². The number of carbonyl (C=O) groups excluding carboxylic acids is 2. The zero-order valence-corrected chi connectivity index (χ0v) is 11.9. The Morgan fingerprint density at radius 2 is 2.30 bits per heavy atom. The maximum Gasteiger partial charge on any atom is 0.273 e. The zero-order valence-electron chi connectivity index (χ0n) is 11.9. The highest BCUT2D eigenvalue weighted by Gasteiger charge is 2.16. The average molecular weight is 279 g/mol. The summed E-state index contributed by atoms with van der Waals surface area (Å²) in [5.41, 5.74) is 0.299. The van der Waals surface area contributed by atoms with Crippen LogP contribution >= 0.6 is 0 Å². The molecule has 1 fully saturated rings. The molecule has 0 aliphatic carbocycles. The summed E-state index contributed by atoms with van der Waals surface area (Å²) in [6.45, 7) is 3.83. The molecule has 20 heavy (non-hydrogen) atoms. The zero-order chi connectivity index (χ0) is 14.4. The smallest absolute Gasteiger partial charge is 0.273 e. The second-order valence-corrected chi connectivity index (χ2v) is 5.12. The summed E-state index contributed by atoms with van der Waals surface area (Å²) in [5.74, 6) is 0.621. The molecule has 0 unspecified atom stereocenters. The molecule has 1 N–H and O–H groups in total. The van der Waals surface area contributed by atoms with Gasteiger partial charge in [0.25, 0.3) is 5.91 Å². The normalized spacial score (nSPS) is 16.1. The van der Waals surface area contributed by atoms with Gasteiger partial charge in [-0.3, -0.25) is 9.59 Å².